The second kappa shape index (κ2) is 44.9. The monoisotopic (exact) mass is 821 g/mol. The van der Waals surface area contributed by atoms with E-state index in [-0.39, 0.29) is 31.1 Å². The predicted octanol–water partition coefficient (Wildman–Crippen LogP) is 16.5. The van der Waals surface area contributed by atoms with Crippen molar-refractivity contribution < 1.29 is 28.6 Å². The Morgan fingerprint density at radius 2 is 0.655 bits per heavy atom. The van der Waals surface area contributed by atoms with Crippen molar-refractivity contribution in [2.24, 2.45) is 11.8 Å². The Hall–Kier alpha value is -1.59. The minimum absolute atomic E-state index is 0.0640. The third-order valence-corrected chi connectivity index (χ3v) is 12.1. The van der Waals surface area contributed by atoms with E-state index >= 15 is 0 Å². The van der Waals surface area contributed by atoms with Gasteiger partial charge in [-0.3, -0.25) is 14.4 Å². The van der Waals surface area contributed by atoms with Crippen LogP contribution in [0.3, 0.4) is 0 Å². The molecule has 0 amide bonds. The van der Waals surface area contributed by atoms with Crippen LogP contribution in [0.5, 0.6) is 0 Å². The highest BCUT2D eigenvalue weighted by Crippen LogP contribution is 2.18. The average molecular weight is 821 g/mol. The molecule has 0 spiro atoms. The summed E-state index contributed by atoms with van der Waals surface area (Å²) in [7, 11) is 0. The van der Waals surface area contributed by atoms with Crippen molar-refractivity contribution in [3.63, 3.8) is 0 Å². The van der Waals surface area contributed by atoms with E-state index in [4.69, 9.17) is 14.2 Å². The Morgan fingerprint density at radius 3 is 0.983 bits per heavy atom. The summed E-state index contributed by atoms with van der Waals surface area (Å²) in [5, 5.41) is 0. The van der Waals surface area contributed by atoms with Crippen molar-refractivity contribution in [1.29, 1.82) is 0 Å². The smallest absolute Gasteiger partial charge is 0.306 e. The molecule has 0 aromatic rings. The van der Waals surface area contributed by atoms with E-state index in [1.165, 1.54) is 173 Å². The van der Waals surface area contributed by atoms with Gasteiger partial charge >= 0.3 is 17.9 Å². The molecule has 0 aliphatic heterocycles. The van der Waals surface area contributed by atoms with Crippen LogP contribution in [0, 0.1) is 11.8 Å². The zero-order valence-corrected chi connectivity index (χ0v) is 39.7. The van der Waals surface area contributed by atoms with E-state index in [0.717, 1.165) is 69.6 Å². The summed E-state index contributed by atoms with van der Waals surface area (Å²) in [6.45, 7) is 11.4. The van der Waals surface area contributed by atoms with Crippen LogP contribution in [0.4, 0.5) is 0 Å². The number of hydrogen-bond donors (Lipinski definition) is 0. The molecule has 0 aliphatic carbocycles. The lowest BCUT2D eigenvalue weighted by atomic mass is 9.99. The number of esters is 3. The highest BCUT2D eigenvalue weighted by molar-refractivity contribution is 5.71. The zero-order chi connectivity index (χ0) is 42.6. The average Bonchev–Trinajstić information content (AvgIpc) is 3.21. The predicted molar refractivity (Wildman–Crippen MR) is 247 cm³/mol. The van der Waals surface area contributed by atoms with Crippen LogP contribution in [-0.2, 0) is 28.6 Å². The normalized spacial score (nSPS) is 12.5. The van der Waals surface area contributed by atoms with Crippen LogP contribution >= 0.6 is 0 Å². The van der Waals surface area contributed by atoms with E-state index in [1.807, 2.05) is 0 Å². The lowest BCUT2D eigenvalue weighted by Gasteiger charge is -2.18. The first-order chi connectivity index (χ1) is 28.3. The lowest BCUT2D eigenvalue weighted by molar-refractivity contribution is -0.167. The van der Waals surface area contributed by atoms with Crippen LogP contribution in [0.25, 0.3) is 0 Å². The van der Waals surface area contributed by atoms with Gasteiger partial charge in [-0.15, -0.1) is 0 Å². The summed E-state index contributed by atoms with van der Waals surface area (Å²) < 4.78 is 16.8. The van der Waals surface area contributed by atoms with Gasteiger partial charge in [-0.2, -0.15) is 0 Å². The third kappa shape index (κ3) is 44.0. The summed E-state index contributed by atoms with van der Waals surface area (Å²) in [5.74, 6) is 0.826. The van der Waals surface area contributed by atoms with Crippen molar-refractivity contribution in [2.75, 3.05) is 13.2 Å². The highest BCUT2D eigenvalue weighted by Gasteiger charge is 2.19. The van der Waals surface area contributed by atoms with Gasteiger partial charge in [0.25, 0.3) is 0 Å². The van der Waals surface area contributed by atoms with Crippen molar-refractivity contribution in [3.05, 3.63) is 0 Å². The van der Waals surface area contributed by atoms with Gasteiger partial charge in [-0.1, -0.05) is 247 Å². The maximum atomic E-state index is 12.8. The SMILES string of the molecule is CCCCCCCCCCCCCCCCC(=O)OC[C@@H](COC(=O)CCCCCCCCCCCCC(C)CC)OC(=O)CCCCCCCCCCCC(C)C. The fourth-order valence-electron chi connectivity index (χ4n) is 7.78. The molecular formula is C52H100O6. The van der Waals surface area contributed by atoms with Crippen LogP contribution in [0.1, 0.15) is 285 Å². The molecule has 0 saturated heterocycles. The van der Waals surface area contributed by atoms with Gasteiger partial charge in [0.05, 0.1) is 0 Å². The number of carbonyl (C=O) groups is 3. The van der Waals surface area contributed by atoms with Gasteiger partial charge < -0.3 is 14.2 Å². The first-order valence-corrected chi connectivity index (χ1v) is 25.8. The molecule has 0 rings (SSSR count). The molecule has 0 radical (unpaired) electrons. The molecule has 0 N–H and O–H groups in total. The van der Waals surface area contributed by atoms with Gasteiger partial charge in [-0.25, -0.2) is 0 Å². The van der Waals surface area contributed by atoms with Crippen molar-refractivity contribution in [3.8, 4) is 0 Å². The van der Waals surface area contributed by atoms with Crippen LogP contribution in [-0.4, -0.2) is 37.2 Å². The molecule has 6 nitrogen and oxygen atoms in total. The third-order valence-electron chi connectivity index (χ3n) is 12.1. The van der Waals surface area contributed by atoms with Crippen molar-refractivity contribution in [2.45, 2.75) is 291 Å². The first kappa shape index (κ1) is 56.4. The molecule has 6 heteroatoms. The zero-order valence-electron chi connectivity index (χ0n) is 39.7. The van der Waals surface area contributed by atoms with Gasteiger partial charge in [0.2, 0.25) is 0 Å². The van der Waals surface area contributed by atoms with E-state index < -0.39 is 6.10 Å². The molecule has 0 bridgehead atoms. The van der Waals surface area contributed by atoms with E-state index in [2.05, 4.69) is 34.6 Å². The summed E-state index contributed by atoms with van der Waals surface area (Å²) in [6, 6.07) is 0. The number of carbonyl (C=O) groups excluding carboxylic acids is 3. The summed E-state index contributed by atoms with van der Waals surface area (Å²) in [5.41, 5.74) is 0. The number of rotatable bonds is 46. The number of hydrogen-bond acceptors (Lipinski definition) is 6. The Kier molecular flexibility index (Phi) is 43.7. The number of unbranched alkanes of at least 4 members (excludes halogenated alkanes) is 30. The van der Waals surface area contributed by atoms with Crippen LogP contribution in [0.2, 0.25) is 0 Å². The molecule has 0 aliphatic rings. The van der Waals surface area contributed by atoms with Crippen LogP contribution < -0.4 is 0 Å². The molecule has 0 aromatic heterocycles. The Labute approximate surface area is 361 Å². The Morgan fingerprint density at radius 1 is 0.362 bits per heavy atom. The standard InChI is InChI=1S/C52H100O6/c1-6-8-9-10-11-12-13-14-15-16-22-27-32-37-42-50(53)56-45-49(58-52(55)44-39-34-29-24-19-20-25-30-35-40-47(3)4)46-57-51(54)43-38-33-28-23-18-17-21-26-31-36-41-48(5)7-2/h47-49H,6-46H2,1-5H3/t48?,49-/m0/s1. The molecule has 58 heavy (non-hydrogen) atoms. The molecule has 0 aromatic carbocycles. The van der Waals surface area contributed by atoms with Gasteiger partial charge in [-0.05, 0) is 31.1 Å². The van der Waals surface area contributed by atoms with E-state index in [1.54, 1.807) is 0 Å². The second-order valence-corrected chi connectivity index (χ2v) is 18.5. The van der Waals surface area contributed by atoms with E-state index in [9.17, 15) is 14.4 Å². The Balaban J connectivity index is 4.32. The highest BCUT2D eigenvalue weighted by atomic mass is 16.6. The molecule has 0 heterocycles. The fourth-order valence-corrected chi connectivity index (χ4v) is 7.78. The topological polar surface area (TPSA) is 78.9 Å². The van der Waals surface area contributed by atoms with Gasteiger partial charge in [0.15, 0.2) is 6.10 Å². The van der Waals surface area contributed by atoms with Crippen LogP contribution in [0.15, 0.2) is 0 Å². The molecule has 344 valence electrons. The fraction of sp³-hybridized carbons (Fsp3) is 0.942. The van der Waals surface area contributed by atoms with Gasteiger partial charge in [0.1, 0.15) is 13.2 Å². The molecule has 2 atom stereocenters. The maximum Gasteiger partial charge on any atom is 0.306 e. The summed E-state index contributed by atoms with van der Waals surface area (Å²) in [6.07, 6.45) is 45.1. The summed E-state index contributed by atoms with van der Waals surface area (Å²) >= 11 is 0. The maximum absolute atomic E-state index is 12.8. The second-order valence-electron chi connectivity index (χ2n) is 18.5. The van der Waals surface area contributed by atoms with Gasteiger partial charge in [0, 0.05) is 19.3 Å². The number of ether oxygens (including phenoxy) is 3. The first-order valence-electron chi connectivity index (χ1n) is 25.8. The molecular weight excluding hydrogens is 721 g/mol. The quantitative estimate of drug-likeness (QED) is 0.0346. The molecule has 1 unspecified atom stereocenters. The summed E-state index contributed by atoms with van der Waals surface area (Å²) in [4.78, 5) is 37.9. The minimum Gasteiger partial charge on any atom is -0.462 e. The minimum atomic E-state index is -0.762. The largest absolute Gasteiger partial charge is 0.462 e. The van der Waals surface area contributed by atoms with Crippen molar-refractivity contribution in [1.82, 2.24) is 0 Å². The van der Waals surface area contributed by atoms with Crippen molar-refractivity contribution >= 4 is 17.9 Å². The molecule has 0 saturated carbocycles. The van der Waals surface area contributed by atoms with E-state index in [0.29, 0.717) is 19.3 Å². The Bertz CT molecular complexity index is 887. The molecule has 0 fully saturated rings. The lowest BCUT2D eigenvalue weighted by Crippen LogP contribution is -2.30.